The Morgan fingerprint density at radius 2 is 2.12 bits per heavy atom. The van der Waals surface area contributed by atoms with Crippen molar-refractivity contribution in [3.05, 3.63) is 29.8 Å². The van der Waals surface area contributed by atoms with Crippen molar-refractivity contribution < 1.29 is 14.3 Å². The summed E-state index contributed by atoms with van der Waals surface area (Å²) in [4.78, 5) is 11.1. The molecule has 88 valence electrons. The van der Waals surface area contributed by atoms with E-state index in [2.05, 4.69) is 0 Å². The number of carbonyl (C=O) groups excluding carboxylic acids is 1. The highest BCUT2D eigenvalue weighted by molar-refractivity contribution is 5.94. The summed E-state index contributed by atoms with van der Waals surface area (Å²) in [6, 6.07) is 7.24. The first-order valence-electron chi connectivity index (χ1n) is 5.55. The topological polar surface area (TPSA) is 35.5 Å². The molecule has 0 saturated heterocycles. The van der Waals surface area contributed by atoms with Crippen LogP contribution in [0.1, 0.15) is 30.6 Å². The number of ketones is 1. The van der Waals surface area contributed by atoms with E-state index in [9.17, 15) is 4.79 Å². The van der Waals surface area contributed by atoms with Crippen molar-refractivity contribution in [1.82, 2.24) is 0 Å². The van der Waals surface area contributed by atoms with Gasteiger partial charge in [0.05, 0.1) is 6.61 Å². The van der Waals surface area contributed by atoms with Crippen LogP contribution in [-0.2, 0) is 4.74 Å². The average Bonchev–Trinajstić information content (AvgIpc) is 2.29. The Labute approximate surface area is 96.4 Å². The van der Waals surface area contributed by atoms with Crippen LogP contribution < -0.4 is 4.74 Å². The van der Waals surface area contributed by atoms with Gasteiger partial charge >= 0.3 is 0 Å². The summed E-state index contributed by atoms with van der Waals surface area (Å²) in [5.74, 6) is 0.795. The smallest absolute Gasteiger partial charge is 0.159 e. The van der Waals surface area contributed by atoms with Gasteiger partial charge in [0.1, 0.15) is 5.75 Å². The molecule has 0 fully saturated rings. The van der Waals surface area contributed by atoms with E-state index in [1.165, 1.54) is 0 Å². The number of ether oxygens (including phenoxy) is 2. The number of hydrogen-bond donors (Lipinski definition) is 0. The molecule has 1 rings (SSSR count). The third-order valence-electron chi connectivity index (χ3n) is 2.15. The Balaban J connectivity index is 2.36. The van der Waals surface area contributed by atoms with Gasteiger partial charge in [0.15, 0.2) is 5.78 Å². The highest BCUT2D eigenvalue weighted by Gasteiger charge is 2.00. The van der Waals surface area contributed by atoms with Gasteiger partial charge in [-0.3, -0.25) is 4.79 Å². The van der Waals surface area contributed by atoms with Crippen LogP contribution in [0.25, 0.3) is 0 Å². The first-order valence-corrected chi connectivity index (χ1v) is 5.55. The van der Waals surface area contributed by atoms with E-state index in [-0.39, 0.29) is 5.78 Å². The predicted molar refractivity (Wildman–Crippen MR) is 63.1 cm³/mol. The first-order chi connectivity index (χ1) is 7.74. The standard InChI is InChI=1S/C13H18O3/c1-3-15-8-5-9-16-13-7-4-6-12(10-13)11(2)14/h4,6-7,10H,3,5,8-9H2,1-2H3. The second kappa shape index (κ2) is 7.01. The second-order valence-corrected chi connectivity index (χ2v) is 3.48. The van der Waals surface area contributed by atoms with Crippen LogP contribution in [0.2, 0.25) is 0 Å². The quantitative estimate of drug-likeness (QED) is 0.525. The minimum atomic E-state index is 0.0553. The highest BCUT2D eigenvalue weighted by atomic mass is 16.5. The first kappa shape index (κ1) is 12.7. The monoisotopic (exact) mass is 222 g/mol. The van der Waals surface area contributed by atoms with Crippen molar-refractivity contribution in [2.24, 2.45) is 0 Å². The van der Waals surface area contributed by atoms with E-state index < -0.39 is 0 Å². The van der Waals surface area contributed by atoms with E-state index >= 15 is 0 Å². The molecule has 0 spiro atoms. The van der Waals surface area contributed by atoms with Crippen LogP contribution in [0.5, 0.6) is 5.75 Å². The van der Waals surface area contributed by atoms with Crippen molar-refractivity contribution in [3.8, 4) is 5.75 Å². The summed E-state index contributed by atoms with van der Waals surface area (Å²) in [5.41, 5.74) is 0.683. The minimum Gasteiger partial charge on any atom is -0.493 e. The fourth-order valence-electron chi connectivity index (χ4n) is 1.30. The third kappa shape index (κ3) is 4.45. The van der Waals surface area contributed by atoms with E-state index in [4.69, 9.17) is 9.47 Å². The van der Waals surface area contributed by atoms with Crippen molar-refractivity contribution >= 4 is 5.78 Å². The average molecular weight is 222 g/mol. The van der Waals surface area contributed by atoms with Crippen LogP contribution in [0.15, 0.2) is 24.3 Å². The lowest BCUT2D eigenvalue weighted by atomic mass is 10.1. The van der Waals surface area contributed by atoms with Gasteiger partial charge in [-0.25, -0.2) is 0 Å². The molecule has 0 heterocycles. The van der Waals surface area contributed by atoms with Crippen molar-refractivity contribution in [3.63, 3.8) is 0 Å². The molecule has 0 aliphatic rings. The molecule has 16 heavy (non-hydrogen) atoms. The maximum absolute atomic E-state index is 11.1. The molecule has 0 amide bonds. The molecular weight excluding hydrogens is 204 g/mol. The maximum Gasteiger partial charge on any atom is 0.159 e. The zero-order valence-electron chi connectivity index (χ0n) is 9.86. The Morgan fingerprint density at radius 3 is 2.81 bits per heavy atom. The van der Waals surface area contributed by atoms with Gasteiger partial charge in [0.2, 0.25) is 0 Å². The van der Waals surface area contributed by atoms with Gasteiger partial charge in [-0.2, -0.15) is 0 Å². The molecule has 3 heteroatoms. The number of benzene rings is 1. The van der Waals surface area contributed by atoms with Crippen LogP contribution >= 0.6 is 0 Å². The van der Waals surface area contributed by atoms with Crippen molar-refractivity contribution in [2.45, 2.75) is 20.3 Å². The summed E-state index contributed by atoms with van der Waals surface area (Å²) >= 11 is 0. The van der Waals surface area contributed by atoms with E-state index in [1.54, 1.807) is 19.1 Å². The molecule has 3 nitrogen and oxygen atoms in total. The highest BCUT2D eigenvalue weighted by Crippen LogP contribution is 2.13. The van der Waals surface area contributed by atoms with E-state index in [0.717, 1.165) is 18.8 Å². The molecule has 0 aliphatic carbocycles. The fourth-order valence-corrected chi connectivity index (χ4v) is 1.30. The summed E-state index contributed by atoms with van der Waals surface area (Å²) in [5, 5.41) is 0. The lowest BCUT2D eigenvalue weighted by molar-refractivity contribution is 0.101. The van der Waals surface area contributed by atoms with Gasteiger partial charge in [0, 0.05) is 25.2 Å². The Hall–Kier alpha value is -1.35. The summed E-state index contributed by atoms with van der Waals surface area (Å²) in [6.07, 6.45) is 0.859. The summed E-state index contributed by atoms with van der Waals surface area (Å²) in [7, 11) is 0. The molecule has 0 aliphatic heterocycles. The maximum atomic E-state index is 11.1. The number of Topliss-reactive ketones (excluding diaryl/α,β-unsaturated/α-hetero) is 1. The molecule has 0 atom stereocenters. The van der Waals surface area contributed by atoms with Crippen LogP contribution in [0.4, 0.5) is 0 Å². The van der Waals surface area contributed by atoms with Gasteiger partial charge in [0.25, 0.3) is 0 Å². The molecule has 0 N–H and O–H groups in total. The van der Waals surface area contributed by atoms with E-state index in [0.29, 0.717) is 18.8 Å². The van der Waals surface area contributed by atoms with Gasteiger partial charge < -0.3 is 9.47 Å². The number of hydrogen-bond acceptors (Lipinski definition) is 3. The summed E-state index contributed by atoms with van der Waals surface area (Å²) < 4.78 is 10.7. The fraction of sp³-hybridized carbons (Fsp3) is 0.462. The van der Waals surface area contributed by atoms with E-state index in [1.807, 2.05) is 19.1 Å². The molecule has 0 aromatic heterocycles. The molecule has 0 bridgehead atoms. The molecule has 0 radical (unpaired) electrons. The minimum absolute atomic E-state index is 0.0553. The molecule has 0 saturated carbocycles. The SMILES string of the molecule is CCOCCCOc1cccc(C(C)=O)c1. The zero-order chi connectivity index (χ0) is 11.8. The number of carbonyl (C=O) groups is 1. The molecular formula is C13H18O3. The van der Waals surface area contributed by atoms with Gasteiger partial charge in [-0.15, -0.1) is 0 Å². The molecule has 0 unspecified atom stereocenters. The Kier molecular flexibility index (Phi) is 5.57. The summed E-state index contributed by atoms with van der Waals surface area (Å²) in [6.45, 7) is 5.58. The lowest BCUT2D eigenvalue weighted by Crippen LogP contribution is -2.03. The van der Waals surface area contributed by atoms with Crippen LogP contribution in [0, 0.1) is 0 Å². The van der Waals surface area contributed by atoms with Crippen molar-refractivity contribution in [2.75, 3.05) is 19.8 Å². The third-order valence-corrected chi connectivity index (χ3v) is 2.15. The predicted octanol–water partition coefficient (Wildman–Crippen LogP) is 2.69. The second-order valence-electron chi connectivity index (χ2n) is 3.48. The largest absolute Gasteiger partial charge is 0.493 e. The van der Waals surface area contributed by atoms with Gasteiger partial charge in [-0.05, 0) is 26.0 Å². The Bertz CT molecular complexity index is 334. The lowest BCUT2D eigenvalue weighted by Gasteiger charge is -2.06. The van der Waals surface area contributed by atoms with Crippen LogP contribution in [-0.4, -0.2) is 25.6 Å². The zero-order valence-corrected chi connectivity index (χ0v) is 9.86. The Morgan fingerprint density at radius 1 is 1.31 bits per heavy atom. The molecule has 1 aromatic carbocycles. The normalized spacial score (nSPS) is 10.1. The number of rotatable bonds is 7. The van der Waals surface area contributed by atoms with Crippen molar-refractivity contribution in [1.29, 1.82) is 0 Å². The van der Waals surface area contributed by atoms with Crippen LogP contribution in [0.3, 0.4) is 0 Å². The van der Waals surface area contributed by atoms with Gasteiger partial charge in [-0.1, -0.05) is 12.1 Å². The molecule has 1 aromatic rings.